The van der Waals surface area contributed by atoms with Crippen LogP contribution < -0.4 is 5.32 Å². The molecule has 136 valence electrons. The van der Waals surface area contributed by atoms with Crippen molar-refractivity contribution in [2.45, 2.75) is 72.0 Å². The largest absolute Gasteiger partial charge is 0.460 e. The fraction of sp³-hybridized carbons (Fsp3) is 0.882. The number of ether oxygens (including phenoxy) is 2. The molecule has 0 bridgehead atoms. The van der Waals surface area contributed by atoms with Crippen LogP contribution in [-0.2, 0) is 14.3 Å². The summed E-state index contributed by atoms with van der Waals surface area (Å²) in [6.07, 6.45) is 1.83. The monoisotopic (exact) mass is 330 g/mol. The maximum atomic E-state index is 11.6. The lowest BCUT2D eigenvalue weighted by atomic mass is 10.2. The first-order valence-electron chi connectivity index (χ1n) is 8.26. The number of esters is 1. The number of unbranched alkanes of at least 4 members (excludes halogenated alkanes) is 1. The molecular formula is C17H34N2O4. The molecule has 0 spiro atoms. The standard InChI is InChI=1S/C17H34N2O4/c1-16(2,3)22-14(20)10-13-19(7)12-9-8-11-18-15(21)23-17(4,5)6/h8-13H2,1-7H3,(H,18,21). The van der Waals surface area contributed by atoms with Crippen LogP contribution in [0.5, 0.6) is 0 Å². The second kappa shape index (κ2) is 9.75. The molecule has 0 aliphatic carbocycles. The third-order valence-corrected chi connectivity index (χ3v) is 2.75. The van der Waals surface area contributed by atoms with Crippen LogP contribution in [-0.4, -0.2) is 54.8 Å². The predicted octanol–water partition coefficient (Wildman–Crippen LogP) is 2.95. The molecule has 0 saturated heterocycles. The third-order valence-electron chi connectivity index (χ3n) is 2.75. The average molecular weight is 330 g/mol. The summed E-state index contributed by atoms with van der Waals surface area (Å²) in [6, 6.07) is 0. The molecule has 0 aliphatic heterocycles. The van der Waals surface area contributed by atoms with Crippen molar-refractivity contribution in [3.8, 4) is 0 Å². The molecule has 1 amide bonds. The highest BCUT2D eigenvalue weighted by Gasteiger charge is 2.17. The summed E-state index contributed by atoms with van der Waals surface area (Å²) in [5, 5.41) is 2.74. The Balaban J connectivity index is 3.66. The maximum absolute atomic E-state index is 11.6. The molecule has 0 rings (SSSR count). The van der Waals surface area contributed by atoms with Gasteiger partial charge in [-0.2, -0.15) is 0 Å². The number of nitrogens with one attached hydrogen (secondary N) is 1. The van der Waals surface area contributed by atoms with Crippen LogP contribution in [0.15, 0.2) is 0 Å². The highest BCUT2D eigenvalue weighted by molar-refractivity contribution is 5.70. The normalized spacial score (nSPS) is 12.2. The molecule has 0 unspecified atom stereocenters. The predicted molar refractivity (Wildman–Crippen MR) is 91.4 cm³/mol. The van der Waals surface area contributed by atoms with Gasteiger partial charge < -0.3 is 19.7 Å². The third kappa shape index (κ3) is 15.4. The second-order valence-corrected chi connectivity index (χ2v) is 7.78. The molecule has 0 radical (unpaired) electrons. The van der Waals surface area contributed by atoms with Crippen LogP contribution in [0.1, 0.15) is 60.8 Å². The molecule has 0 aromatic rings. The van der Waals surface area contributed by atoms with Crippen LogP contribution in [0.3, 0.4) is 0 Å². The Morgan fingerprint density at radius 3 is 2.00 bits per heavy atom. The Bertz CT molecular complexity index is 370. The molecule has 1 N–H and O–H groups in total. The summed E-state index contributed by atoms with van der Waals surface area (Å²) in [6.45, 7) is 13.3. The molecule has 0 fully saturated rings. The van der Waals surface area contributed by atoms with Crippen molar-refractivity contribution >= 4 is 12.1 Å². The summed E-state index contributed by atoms with van der Waals surface area (Å²) in [7, 11) is 1.98. The van der Waals surface area contributed by atoms with Crippen LogP contribution in [0.2, 0.25) is 0 Å². The quantitative estimate of drug-likeness (QED) is 0.547. The number of carbonyl (C=O) groups is 2. The molecule has 0 aliphatic rings. The summed E-state index contributed by atoms with van der Waals surface area (Å²) in [5.74, 6) is -0.170. The van der Waals surface area contributed by atoms with E-state index in [1.807, 2.05) is 48.6 Å². The number of amides is 1. The minimum Gasteiger partial charge on any atom is -0.460 e. The van der Waals surface area contributed by atoms with Crippen LogP contribution in [0.25, 0.3) is 0 Å². The van der Waals surface area contributed by atoms with Crippen molar-refractivity contribution in [3.05, 3.63) is 0 Å². The van der Waals surface area contributed by atoms with Crippen molar-refractivity contribution < 1.29 is 19.1 Å². The van der Waals surface area contributed by atoms with Gasteiger partial charge in [-0.05, 0) is 68.0 Å². The van der Waals surface area contributed by atoms with Crippen LogP contribution >= 0.6 is 0 Å². The fourth-order valence-electron chi connectivity index (χ4n) is 1.80. The Morgan fingerprint density at radius 2 is 1.48 bits per heavy atom. The zero-order valence-electron chi connectivity index (χ0n) is 15.8. The molecule has 0 atom stereocenters. The van der Waals surface area contributed by atoms with Crippen LogP contribution in [0.4, 0.5) is 4.79 Å². The van der Waals surface area contributed by atoms with E-state index >= 15 is 0 Å². The number of carbonyl (C=O) groups excluding carboxylic acids is 2. The van der Waals surface area contributed by atoms with Crippen molar-refractivity contribution in [1.29, 1.82) is 0 Å². The summed E-state index contributed by atoms with van der Waals surface area (Å²) in [4.78, 5) is 25.2. The van der Waals surface area contributed by atoms with E-state index in [0.717, 1.165) is 19.4 Å². The SMILES string of the molecule is CN(CCCCNC(=O)OC(C)(C)C)CCC(=O)OC(C)(C)C. The summed E-state index contributed by atoms with van der Waals surface area (Å²) >= 11 is 0. The molecule has 0 aromatic carbocycles. The summed E-state index contributed by atoms with van der Waals surface area (Å²) < 4.78 is 10.4. The first kappa shape index (κ1) is 21.7. The van der Waals surface area contributed by atoms with Gasteiger partial charge in [0.2, 0.25) is 0 Å². The number of rotatable bonds is 8. The maximum Gasteiger partial charge on any atom is 0.407 e. The van der Waals surface area contributed by atoms with E-state index in [0.29, 0.717) is 19.5 Å². The van der Waals surface area contributed by atoms with E-state index in [4.69, 9.17) is 9.47 Å². The van der Waals surface area contributed by atoms with Gasteiger partial charge >= 0.3 is 12.1 Å². The molecule has 23 heavy (non-hydrogen) atoms. The highest BCUT2D eigenvalue weighted by atomic mass is 16.6. The van der Waals surface area contributed by atoms with Gasteiger partial charge in [0.1, 0.15) is 11.2 Å². The van der Waals surface area contributed by atoms with Crippen molar-refractivity contribution in [2.24, 2.45) is 0 Å². The van der Waals surface area contributed by atoms with E-state index < -0.39 is 11.2 Å². The van der Waals surface area contributed by atoms with Gasteiger partial charge in [-0.3, -0.25) is 4.79 Å². The molecule has 0 saturated carbocycles. The average Bonchev–Trinajstić information content (AvgIpc) is 2.31. The highest BCUT2D eigenvalue weighted by Crippen LogP contribution is 2.08. The fourth-order valence-corrected chi connectivity index (χ4v) is 1.80. The molecule has 0 aromatic heterocycles. The molecule has 0 heterocycles. The first-order chi connectivity index (χ1) is 10.4. The van der Waals surface area contributed by atoms with E-state index in [-0.39, 0.29) is 12.1 Å². The lowest BCUT2D eigenvalue weighted by Gasteiger charge is -2.21. The van der Waals surface area contributed by atoms with Gasteiger partial charge in [-0.25, -0.2) is 4.79 Å². The van der Waals surface area contributed by atoms with E-state index in [9.17, 15) is 9.59 Å². The molecule has 6 nitrogen and oxygen atoms in total. The lowest BCUT2D eigenvalue weighted by molar-refractivity contribution is -0.155. The number of hydrogen-bond acceptors (Lipinski definition) is 5. The summed E-state index contributed by atoms with van der Waals surface area (Å²) in [5.41, 5.74) is -0.894. The zero-order valence-corrected chi connectivity index (χ0v) is 15.8. The van der Waals surface area contributed by atoms with Gasteiger partial charge in [0.25, 0.3) is 0 Å². The van der Waals surface area contributed by atoms with Crippen molar-refractivity contribution in [2.75, 3.05) is 26.7 Å². The minimum atomic E-state index is -0.466. The van der Waals surface area contributed by atoms with Gasteiger partial charge in [-0.1, -0.05) is 0 Å². The van der Waals surface area contributed by atoms with Gasteiger partial charge in [0.15, 0.2) is 0 Å². The van der Waals surface area contributed by atoms with Gasteiger partial charge in [0.05, 0.1) is 6.42 Å². The Kier molecular flexibility index (Phi) is 9.20. The minimum absolute atomic E-state index is 0.170. The molecular weight excluding hydrogens is 296 g/mol. The Morgan fingerprint density at radius 1 is 0.913 bits per heavy atom. The zero-order chi connectivity index (χ0) is 18.1. The van der Waals surface area contributed by atoms with Crippen molar-refractivity contribution in [1.82, 2.24) is 10.2 Å². The topological polar surface area (TPSA) is 67.9 Å². The smallest absolute Gasteiger partial charge is 0.407 e. The lowest BCUT2D eigenvalue weighted by Crippen LogP contribution is -2.33. The number of hydrogen-bond donors (Lipinski definition) is 1. The molecule has 6 heteroatoms. The number of nitrogens with zero attached hydrogens (tertiary/aromatic N) is 1. The van der Waals surface area contributed by atoms with E-state index in [1.165, 1.54) is 0 Å². The Labute approximate surface area is 140 Å². The van der Waals surface area contributed by atoms with E-state index in [1.54, 1.807) is 0 Å². The number of alkyl carbamates (subject to hydrolysis) is 1. The first-order valence-corrected chi connectivity index (χ1v) is 8.26. The van der Waals surface area contributed by atoms with Crippen molar-refractivity contribution in [3.63, 3.8) is 0 Å². The van der Waals surface area contributed by atoms with Gasteiger partial charge in [-0.15, -0.1) is 0 Å². The van der Waals surface area contributed by atoms with E-state index in [2.05, 4.69) is 10.2 Å². The van der Waals surface area contributed by atoms with Gasteiger partial charge in [0, 0.05) is 13.1 Å². The second-order valence-electron chi connectivity index (χ2n) is 7.78. The Hall–Kier alpha value is -1.30. The van der Waals surface area contributed by atoms with Crippen LogP contribution in [0, 0.1) is 0 Å².